The quantitative estimate of drug-likeness (QED) is 0.669. The van der Waals surface area contributed by atoms with Gasteiger partial charge in [-0.05, 0) is 26.2 Å². The lowest BCUT2D eigenvalue weighted by Crippen LogP contribution is -2.32. The molecule has 3 nitrogen and oxygen atoms in total. The van der Waals surface area contributed by atoms with Crippen LogP contribution in [0.1, 0.15) is 47.0 Å². The van der Waals surface area contributed by atoms with Crippen LogP contribution in [0.4, 0.5) is 0 Å². The first-order valence-corrected chi connectivity index (χ1v) is 6.98. The highest BCUT2D eigenvalue weighted by atomic mass is 32.2. The lowest BCUT2D eigenvalue weighted by Gasteiger charge is -2.09. The molecule has 0 aromatic carbocycles. The Bertz CT molecular complexity index is 233. The van der Waals surface area contributed by atoms with Gasteiger partial charge in [0.25, 0.3) is 0 Å². The van der Waals surface area contributed by atoms with Gasteiger partial charge >= 0.3 is 0 Å². The molecule has 0 fully saturated rings. The first-order valence-electron chi connectivity index (χ1n) is 5.33. The Labute approximate surface area is 88.3 Å². The maximum atomic E-state index is 11.4. The van der Waals surface area contributed by atoms with Gasteiger partial charge in [0.2, 0.25) is 10.0 Å². The van der Waals surface area contributed by atoms with E-state index in [0.717, 1.165) is 19.3 Å². The molecule has 0 atom stereocenters. The maximum absolute atomic E-state index is 11.4. The number of sulfonamides is 1. The predicted octanol–water partition coefficient (Wildman–Crippen LogP) is 2.14. The van der Waals surface area contributed by atoms with Crippen LogP contribution in [0.15, 0.2) is 0 Å². The van der Waals surface area contributed by atoms with Gasteiger partial charge in [0, 0.05) is 6.04 Å². The van der Waals surface area contributed by atoms with Crippen LogP contribution in [0, 0.1) is 5.92 Å². The van der Waals surface area contributed by atoms with Crippen LogP contribution in [0.5, 0.6) is 0 Å². The van der Waals surface area contributed by atoms with Crippen molar-refractivity contribution in [2.45, 2.75) is 53.0 Å². The first kappa shape index (κ1) is 13.9. The van der Waals surface area contributed by atoms with E-state index in [4.69, 9.17) is 0 Å². The minimum absolute atomic E-state index is 0.00472. The Morgan fingerprint density at radius 2 is 1.64 bits per heavy atom. The molecule has 1 N–H and O–H groups in total. The van der Waals surface area contributed by atoms with Crippen molar-refractivity contribution >= 4 is 10.0 Å². The molecule has 0 aliphatic heterocycles. The minimum Gasteiger partial charge on any atom is -0.213 e. The Hall–Kier alpha value is -0.0900. The van der Waals surface area contributed by atoms with E-state index in [-0.39, 0.29) is 11.8 Å². The number of hydrogen-bond acceptors (Lipinski definition) is 2. The van der Waals surface area contributed by atoms with E-state index in [9.17, 15) is 8.42 Å². The van der Waals surface area contributed by atoms with Gasteiger partial charge < -0.3 is 0 Å². The van der Waals surface area contributed by atoms with Crippen molar-refractivity contribution in [1.82, 2.24) is 4.72 Å². The summed E-state index contributed by atoms with van der Waals surface area (Å²) >= 11 is 0. The summed E-state index contributed by atoms with van der Waals surface area (Å²) in [5.74, 6) is 0.925. The largest absolute Gasteiger partial charge is 0.213 e. The van der Waals surface area contributed by atoms with E-state index in [1.165, 1.54) is 0 Å². The second kappa shape index (κ2) is 6.40. The molecule has 0 rings (SSSR count). The Kier molecular flexibility index (Phi) is 6.36. The highest BCUT2D eigenvalue weighted by molar-refractivity contribution is 7.89. The fourth-order valence-corrected chi connectivity index (χ4v) is 2.68. The molecule has 0 radical (unpaired) electrons. The van der Waals surface area contributed by atoms with Crippen LogP contribution in [0.2, 0.25) is 0 Å². The monoisotopic (exact) mass is 221 g/mol. The molecular weight excluding hydrogens is 198 g/mol. The van der Waals surface area contributed by atoms with Gasteiger partial charge in [-0.1, -0.05) is 26.7 Å². The Balaban J connectivity index is 3.67. The molecule has 4 heteroatoms. The molecule has 0 aliphatic carbocycles. The standard InChI is InChI=1S/C10H23NO2S/c1-9(2)7-5-6-8-14(12,13)11-10(3)4/h9-11H,5-8H2,1-4H3. The van der Waals surface area contributed by atoms with Crippen molar-refractivity contribution in [3.8, 4) is 0 Å². The molecule has 0 aromatic heterocycles. The maximum Gasteiger partial charge on any atom is 0.211 e. The van der Waals surface area contributed by atoms with Gasteiger partial charge in [-0.15, -0.1) is 0 Å². The SMILES string of the molecule is CC(C)CCCCS(=O)(=O)NC(C)C. The number of rotatable bonds is 7. The summed E-state index contributed by atoms with van der Waals surface area (Å²) in [4.78, 5) is 0. The van der Waals surface area contributed by atoms with Crippen LogP contribution in [0.25, 0.3) is 0 Å². The second-order valence-electron chi connectivity index (χ2n) is 4.48. The Morgan fingerprint density at radius 1 is 1.07 bits per heavy atom. The first-order chi connectivity index (χ1) is 6.33. The molecule has 14 heavy (non-hydrogen) atoms. The molecule has 0 saturated carbocycles. The van der Waals surface area contributed by atoms with Gasteiger partial charge in [-0.3, -0.25) is 0 Å². The van der Waals surface area contributed by atoms with Crippen molar-refractivity contribution < 1.29 is 8.42 Å². The lowest BCUT2D eigenvalue weighted by atomic mass is 10.1. The molecular formula is C10H23NO2S. The zero-order valence-electron chi connectivity index (χ0n) is 9.71. The molecule has 0 unspecified atom stereocenters. The van der Waals surface area contributed by atoms with Crippen LogP contribution in [-0.2, 0) is 10.0 Å². The van der Waals surface area contributed by atoms with Crippen molar-refractivity contribution in [3.63, 3.8) is 0 Å². The highest BCUT2D eigenvalue weighted by Gasteiger charge is 2.10. The molecule has 0 spiro atoms. The normalized spacial score (nSPS) is 12.7. The molecule has 0 bridgehead atoms. The number of hydrogen-bond donors (Lipinski definition) is 1. The molecule has 0 amide bonds. The van der Waals surface area contributed by atoms with Crippen molar-refractivity contribution in [2.75, 3.05) is 5.75 Å². The summed E-state index contributed by atoms with van der Waals surface area (Å²) in [6.45, 7) is 7.99. The van der Waals surface area contributed by atoms with Gasteiger partial charge in [0.05, 0.1) is 5.75 Å². The fraction of sp³-hybridized carbons (Fsp3) is 1.00. The van der Waals surface area contributed by atoms with E-state index < -0.39 is 10.0 Å². The molecule has 0 aromatic rings. The summed E-state index contributed by atoms with van der Waals surface area (Å²) in [5.41, 5.74) is 0. The van der Waals surface area contributed by atoms with Crippen molar-refractivity contribution in [3.05, 3.63) is 0 Å². The summed E-state index contributed by atoms with van der Waals surface area (Å²) in [6, 6.07) is 0.00472. The van der Waals surface area contributed by atoms with Gasteiger partial charge in [-0.2, -0.15) is 0 Å². The van der Waals surface area contributed by atoms with Crippen molar-refractivity contribution in [1.29, 1.82) is 0 Å². The topological polar surface area (TPSA) is 46.2 Å². The third kappa shape index (κ3) is 8.51. The van der Waals surface area contributed by atoms with Gasteiger partial charge in [0.15, 0.2) is 0 Å². The third-order valence-corrected chi connectivity index (χ3v) is 3.52. The predicted molar refractivity (Wildman–Crippen MR) is 60.7 cm³/mol. The van der Waals surface area contributed by atoms with E-state index >= 15 is 0 Å². The van der Waals surface area contributed by atoms with Gasteiger partial charge in [0.1, 0.15) is 0 Å². The van der Waals surface area contributed by atoms with Crippen molar-refractivity contribution in [2.24, 2.45) is 5.92 Å². The third-order valence-electron chi connectivity index (χ3n) is 1.86. The summed E-state index contributed by atoms with van der Waals surface area (Å²) in [6.07, 6.45) is 2.87. The van der Waals surface area contributed by atoms with E-state index in [1.54, 1.807) is 0 Å². The fourth-order valence-electron chi connectivity index (χ4n) is 1.26. The number of nitrogens with one attached hydrogen (secondary N) is 1. The summed E-state index contributed by atoms with van der Waals surface area (Å²) < 4.78 is 25.3. The van der Waals surface area contributed by atoms with Crippen LogP contribution in [0.3, 0.4) is 0 Å². The molecule has 0 aliphatic rings. The van der Waals surface area contributed by atoms with E-state index in [2.05, 4.69) is 18.6 Å². The van der Waals surface area contributed by atoms with E-state index in [0.29, 0.717) is 5.92 Å². The van der Waals surface area contributed by atoms with Crippen LogP contribution in [-0.4, -0.2) is 20.2 Å². The highest BCUT2D eigenvalue weighted by Crippen LogP contribution is 2.07. The summed E-state index contributed by atoms with van der Waals surface area (Å²) in [7, 11) is -3.03. The molecule has 86 valence electrons. The zero-order valence-corrected chi connectivity index (χ0v) is 10.5. The average molecular weight is 221 g/mol. The number of unbranched alkanes of at least 4 members (excludes halogenated alkanes) is 1. The molecule has 0 saturated heterocycles. The minimum atomic E-state index is -3.03. The second-order valence-corrected chi connectivity index (χ2v) is 6.35. The average Bonchev–Trinajstić information content (AvgIpc) is 1.95. The smallest absolute Gasteiger partial charge is 0.211 e. The lowest BCUT2D eigenvalue weighted by molar-refractivity contribution is 0.537. The van der Waals surface area contributed by atoms with Gasteiger partial charge in [-0.25, -0.2) is 13.1 Å². The summed E-state index contributed by atoms with van der Waals surface area (Å²) in [5, 5.41) is 0. The van der Waals surface area contributed by atoms with Crippen LogP contribution >= 0.6 is 0 Å². The zero-order chi connectivity index (χ0) is 11.2. The van der Waals surface area contributed by atoms with E-state index in [1.807, 2.05) is 13.8 Å². The Morgan fingerprint density at radius 3 is 2.07 bits per heavy atom. The van der Waals surface area contributed by atoms with Crippen LogP contribution < -0.4 is 4.72 Å². The molecule has 0 heterocycles.